The van der Waals surface area contributed by atoms with Crippen LogP contribution in [-0.2, 0) is 11.3 Å². The summed E-state index contributed by atoms with van der Waals surface area (Å²) in [6.45, 7) is 13.4. The fourth-order valence-corrected chi connectivity index (χ4v) is 3.09. The second-order valence-corrected chi connectivity index (χ2v) is 8.64. The number of aromatic nitrogens is 3. The predicted molar refractivity (Wildman–Crippen MR) is 127 cm³/mol. The quantitative estimate of drug-likeness (QED) is 0.405. The normalized spacial score (nSPS) is 12.4. The lowest BCUT2D eigenvalue weighted by atomic mass is 9.93. The summed E-state index contributed by atoms with van der Waals surface area (Å²) in [5.41, 5.74) is 0.0372. The molecule has 0 saturated heterocycles. The number of amides is 1. The number of aliphatic imine (C=N–C) groups is 1. The zero-order chi connectivity index (χ0) is 23.6. The summed E-state index contributed by atoms with van der Waals surface area (Å²) in [7, 11) is 0. The van der Waals surface area contributed by atoms with Gasteiger partial charge in [-0.1, -0.05) is 13.8 Å². The van der Waals surface area contributed by atoms with Crippen molar-refractivity contribution in [3.8, 4) is 5.82 Å². The number of hydrogen-bond donors (Lipinski definition) is 3. The molecule has 9 nitrogen and oxygen atoms in total. The van der Waals surface area contributed by atoms with Gasteiger partial charge in [-0.25, -0.2) is 19.5 Å². The van der Waals surface area contributed by atoms with Crippen molar-refractivity contribution in [2.45, 2.75) is 72.1 Å². The monoisotopic (exact) mass is 443 g/mol. The van der Waals surface area contributed by atoms with Gasteiger partial charge in [0.15, 0.2) is 11.8 Å². The van der Waals surface area contributed by atoms with Crippen molar-refractivity contribution in [3.05, 3.63) is 42.4 Å². The molecular weight excluding hydrogens is 406 g/mol. The Bertz CT molecular complexity index is 869. The van der Waals surface area contributed by atoms with Gasteiger partial charge in [0, 0.05) is 31.7 Å². The van der Waals surface area contributed by atoms with Gasteiger partial charge in [-0.2, -0.15) is 5.10 Å². The Labute approximate surface area is 191 Å². The van der Waals surface area contributed by atoms with Gasteiger partial charge in [-0.15, -0.1) is 0 Å². The number of hydrogen-bond acceptors (Lipinski definition) is 5. The maximum atomic E-state index is 12.4. The molecule has 0 spiro atoms. The molecule has 32 heavy (non-hydrogen) atoms. The molecule has 1 amide bonds. The van der Waals surface area contributed by atoms with E-state index in [1.54, 1.807) is 17.1 Å². The third-order valence-corrected chi connectivity index (χ3v) is 5.03. The van der Waals surface area contributed by atoms with Crippen molar-refractivity contribution in [3.63, 3.8) is 0 Å². The zero-order valence-electron chi connectivity index (χ0n) is 20.1. The van der Waals surface area contributed by atoms with Gasteiger partial charge < -0.3 is 20.7 Å². The first-order valence-corrected chi connectivity index (χ1v) is 11.2. The molecular formula is C23H37N7O2. The van der Waals surface area contributed by atoms with E-state index in [0.29, 0.717) is 19.0 Å². The average molecular weight is 444 g/mol. The van der Waals surface area contributed by atoms with E-state index >= 15 is 0 Å². The number of guanidine groups is 1. The first-order valence-electron chi connectivity index (χ1n) is 11.2. The van der Waals surface area contributed by atoms with Crippen molar-refractivity contribution in [1.29, 1.82) is 0 Å². The van der Waals surface area contributed by atoms with Crippen molar-refractivity contribution in [2.24, 2.45) is 4.99 Å². The van der Waals surface area contributed by atoms with E-state index in [4.69, 9.17) is 9.73 Å². The number of pyridine rings is 1. The summed E-state index contributed by atoms with van der Waals surface area (Å²) in [4.78, 5) is 21.4. The van der Waals surface area contributed by atoms with Gasteiger partial charge in [-0.3, -0.25) is 0 Å². The molecule has 0 unspecified atom stereocenters. The maximum Gasteiger partial charge on any atom is 0.408 e. The Morgan fingerprint density at radius 1 is 1.16 bits per heavy atom. The van der Waals surface area contributed by atoms with Crippen LogP contribution in [0.2, 0.25) is 0 Å². The smallest absolute Gasteiger partial charge is 0.408 e. The molecule has 3 N–H and O–H groups in total. The second-order valence-electron chi connectivity index (χ2n) is 8.64. The molecule has 0 aliphatic heterocycles. The summed E-state index contributed by atoms with van der Waals surface area (Å²) in [6.07, 6.45) is 6.44. The Morgan fingerprint density at radius 2 is 1.91 bits per heavy atom. The Balaban J connectivity index is 2.07. The highest BCUT2D eigenvalue weighted by molar-refractivity contribution is 5.80. The Hall–Kier alpha value is -3.10. The summed E-state index contributed by atoms with van der Waals surface area (Å²) in [5, 5.41) is 13.9. The highest BCUT2D eigenvalue weighted by Crippen LogP contribution is 2.16. The van der Waals surface area contributed by atoms with Gasteiger partial charge in [-0.05, 0) is 64.3 Å². The van der Waals surface area contributed by atoms with Gasteiger partial charge in [0.25, 0.3) is 0 Å². The highest BCUT2D eigenvalue weighted by atomic mass is 16.6. The van der Waals surface area contributed by atoms with Crippen LogP contribution < -0.4 is 16.0 Å². The summed E-state index contributed by atoms with van der Waals surface area (Å²) >= 11 is 0. The zero-order valence-corrected chi connectivity index (χ0v) is 20.1. The number of carbonyl (C=O) groups is 1. The molecule has 2 aromatic heterocycles. The van der Waals surface area contributed by atoms with E-state index in [2.05, 4.69) is 39.9 Å². The minimum atomic E-state index is -0.541. The molecule has 0 atom stereocenters. The first-order chi connectivity index (χ1) is 15.2. The lowest BCUT2D eigenvalue weighted by Gasteiger charge is -2.34. The van der Waals surface area contributed by atoms with Crippen LogP contribution in [0.25, 0.3) is 5.82 Å². The molecule has 9 heteroatoms. The Kier molecular flexibility index (Phi) is 9.04. The molecule has 2 aromatic rings. The van der Waals surface area contributed by atoms with Crippen LogP contribution >= 0.6 is 0 Å². The van der Waals surface area contributed by atoms with Gasteiger partial charge in [0.2, 0.25) is 0 Å². The predicted octanol–water partition coefficient (Wildman–Crippen LogP) is 3.41. The largest absolute Gasteiger partial charge is 0.444 e. The third kappa shape index (κ3) is 7.86. The van der Waals surface area contributed by atoms with Crippen molar-refractivity contribution >= 4 is 12.1 Å². The molecule has 0 bridgehead atoms. The number of ether oxygens (including phenoxy) is 1. The topological polar surface area (TPSA) is 105 Å². The fraction of sp³-hybridized carbons (Fsp3) is 0.565. The van der Waals surface area contributed by atoms with E-state index in [0.717, 1.165) is 30.8 Å². The summed E-state index contributed by atoms with van der Waals surface area (Å²) < 4.78 is 7.18. The van der Waals surface area contributed by atoms with Gasteiger partial charge in [0.1, 0.15) is 5.60 Å². The standard InChI is InChI=1S/C23H37N7O2/c1-7-23(8-2,29-21(31)32-22(4,5)6)17-27-20(24-9-3)26-16-18-11-13-25-19(15-18)30-14-10-12-28-30/h10-15H,7-9,16-17H2,1-6H3,(H,29,31)(H2,24,26,27). The number of nitrogens with zero attached hydrogens (tertiary/aromatic N) is 4. The van der Waals surface area contributed by atoms with Gasteiger partial charge in [0.05, 0.1) is 12.1 Å². The summed E-state index contributed by atoms with van der Waals surface area (Å²) in [6, 6.07) is 5.76. The highest BCUT2D eigenvalue weighted by Gasteiger charge is 2.30. The second kappa shape index (κ2) is 11.5. The lowest BCUT2D eigenvalue weighted by Crippen LogP contribution is -2.57. The van der Waals surface area contributed by atoms with Crippen LogP contribution in [0.1, 0.15) is 59.9 Å². The molecule has 0 radical (unpaired) electrons. The van der Waals surface area contributed by atoms with E-state index in [-0.39, 0.29) is 0 Å². The van der Waals surface area contributed by atoms with E-state index < -0.39 is 17.2 Å². The number of rotatable bonds is 9. The number of nitrogens with one attached hydrogen (secondary N) is 3. The lowest BCUT2D eigenvalue weighted by molar-refractivity contribution is 0.0448. The molecule has 176 valence electrons. The maximum absolute atomic E-state index is 12.4. The van der Waals surface area contributed by atoms with Crippen LogP contribution in [0.15, 0.2) is 41.8 Å². The van der Waals surface area contributed by atoms with Gasteiger partial charge >= 0.3 is 6.09 Å². The average Bonchev–Trinajstić information content (AvgIpc) is 3.28. The van der Waals surface area contributed by atoms with Crippen LogP contribution in [0.3, 0.4) is 0 Å². The molecule has 0 aliphatic rings. The van der Waals surface area contributed by atoms with Crippen LogP contribution in [0, 0.1) is 0 Å². The summed E-state index contributed by atoms with van der Waals surface area (Å²) in [5.74, 6) is 1.43. The van der Waals surface area contributed by atoms with Crippen LogP contribution in [-0.4, -0.2) is 51.0 Å². The molecule has 0 saturated carbocycles. The molecule has 0 aromatic carbocycles. The fourth-order valence-electron chi connectivity index (χ4n) is 3.09. The molecule has 2 heterocycles. The van der Waals surface area contributed by atoms with Crippen LogP contribution in [0.5, 0.6) is 0 Å². The van der Waals surface area contributed by atoms with E-state index in [1.807, 2.05) is 52.1 Å². The Morgan fingerprint density at radius 3 is 2.50 bits per heavy atom. The van der Waals surface area contributed by atoms with E-state index in [1.165, 1.54) is 0 Å². The van der Waals surface area contributed by atoms with Crippen LogP contribution in [0.4, 0.5) is 4.79 Å². The molecule has 2 rings (SSSR count). The SMILES string of the molecule is CCNC(=NCc1ccnc(-n2cccn2)c1)NCC(CC)(CC)NC(=O)OC(C)(C)C. The molecule has 0 aliphatic carbocycles. The number of alkyl carbamates (subject to hydrolysis) is 1. The van der Waals surface area contributed by atoms with Crippen molar-refractivity contribution < 1.29 is 9.53 Å². The first kappa shape index (κ1) is 25.2. The third-order valence-electron chi connectivity index (χ3n) is 5.03. The minimum absolute atomic E-state index is 0.409. The van der Waals surface area contributed by atoms with Crippen molar-refractivity contribution in [1.82, 2.24) is 30.7 Å². The van der Waals surface area contributed by atoms with E-state index in [9.17, 15) is 4.79 Å². The van der Waals surface area contributed by atoms with Crippen molar-refractivity contribution in [2.75, 3.05) is 13.1 Å². The minimum Gasteiger partial charge on any atom is -0.444 e. The number of carbonyl (C=O) groups excluding carboxylic acids is 1. The molecule has 0 fully saturated rings.